The molecule has 0 fully saturated rings. The summed E-state index contributed by atoms with van der Waals surface area (Å²) in [4.78, 5) is 0. The van der Waals surface area contributed by atoms with Crippen molar-refractivity contribution in [3.63, 3.8) is 0 Å². The number of methoxy groups -OCH3 is 2. The molecule has 1 rings (SSSR count). The molecule has 0 saturated carbocycles. The Bertz CT molecular complexity index is 361. The fourth-order valence-corrected chi connectivity index (χ4v) is 2.08. The van der Waals surface area contributed by atoms with Gasteiger partial charge in [-0.05, 0) is 36.9 Å². The van der Waals surface area contributed by atoms with E-state index in [2.05, 4.69) is 19.9 Å². The third-order valence-corrected chi connectivity index (χ3v) is 2.94. The molecule has 17 heavy (non-hydrogen) atoms. The molecule has 0 aliphatic carbocycles. The topological polar surface area (TPSA) is 44.5 Å². The van der Waals surface area contributed by atoms with Gasteiger partial charge in [-0.2, -0.15) is 0 Å². The first kappa shape index (κ1) is 13.8. The lowest BCUT2D eigenvalue weighted by Crippen LogP contribution is -2.06. The molecule has 3 heteroatoms. The SMILES string of the molecule is COc1ccc(C(C)C)c(CCCN)c1OC. The summed E-state index contributed by atoms with van der Waals surface area (Å²) >= 11 is 0. The van der Waals surface area contributed by atoms with Crippen LogP contribution in [-0.4, -0.2) is 20.8 Å². The number of ether oxygens (including phenoxy) is 2. The van der Waals surface area contributed by atoms with Crippen LogP contribution >= 0.6 is 0 Å². The zero-order valence-corrected chi connectivity index (χ0v) is 11.2. The molecule has 0 amide bonds. The monoisotopic (exact) mass is 237 g/mol. The van der Waals surface area contributed by atoms with Crippen molar-refractivity contribution in [2.24, 2.45) is 5.73 Å². The van der Waals surface area contributed by atoms with Crippen molar-refractivity contribution in [1.29, 1.82) is 0 Å². The molecule has 0 saturated heterocycles. The van der Waals surface area contributed by atoms with Crippen LogP contribution in [0.2, 0.25) is 0 Å². The van der Waals surface area contributed by atoms with Crippen molar-refractivity contribution >= 4 is 0 Å². The van der Waals surface area contributed by atoms with E-state index < -0.39 is 0 Å². The average molecular weight is 237 g/mol. The Balaban J connectivity index is 3.23. The molecule has 0 radical (unpaired) electrons. The minimum atomic E-state index is 0.475. The van der Waals surface area contributed by atoms with E-state index in [0.717, 1.165) is 24.3 Å². The van der Waals surface area contributed by atoms with E-state index in [0.29, 0.717) is 12.5 Å². The quantitative estimate of drug-likeness (QED) is 0.827. The minimum Gasteiger partial charge on any atom is -0.493 e. The smallest absolute Gasteiger partial charge is 0.164 e. The van der Waals surface area contributed by atoms with E-state index in [9.17, 15) is 0 Å². The fourth-order valence-electron chi connectivity index (χ4n) is 2.08. The second kappa shape index (κ2) is 6.50. The number of hydrogen-bond acceptors (Lipinski definition) is 3. The number of hydrogen-bond donors (Lipinski definition) is 1. The largest absolute Gasteiger partial charge is 0.493 e. The summed E-state index contributed by atoms with van der Waals surface area (Å²) in [6, 6.07) is 4.10. The highest BCUT2D eigenvalue weighted by molar-refractivity contribution is 5.51. The molecule has 1 aromatic rings. The molecule has 0 heterocycles. The van der Waals surface area contributed by atoms with Gasteiger partial charge in [0.25, 0.3) is 0 Å². The van der Waals surface area contributed by atoms with E-state index in [-0.39, 0.29) is 0 Å². The zero-order valence-electron chi connectivity index (χ0n) is 11.2. The van der Waals surface area contributed by atoms with Gasteiger partial charge in [0.1, 0.15) is 0 Å². The first-order valence-electron chi connectivity index (χ1n) is 6.09. The van der Waals surface area contributed by atoms with Gasteiger partial charge < -0.3 is 15.2 Å². The molecule has 0 bridgehead atoms. The molecule has 0 spiro atoms. The van der Waals surface area contributed by atoms with Gasteiger partial charge in [0.15, 0.2) is 11.5 Å². The molecular weight excluding hydrogens is 214 g/mol. The van der Waals surface area contributed by atoms with Gasteiger partial charge in [0.2, 0.25) is 0 Å². The van der Waals surface area contributed by atoms with Crippen molar-refractivity contribution in [1.82, 2.24) is 0 Å². The zero-order chi connectivity index (χ0) is 12.8. The summed E-state index contributed by atoms with van der Waals surface area (Å²) in [7, 11) is 3.35. The summed E-state index contributed by atoms with van der Waals surface area (Å²) in [6.07, 6.45) is 1.90. The van der Waals surface area contributed by atoms with Gasteiger partial charge >= 0.3 is 0 Å². The second-order valence-electron chi connectivity index (χ2n) is 4.42. The lowest BCUT2D eigenvalue weighted by molar-refractivity contribution is 0.350. The molecule has 0 aliphatic rings. The molecule has 3 nitrogen and oxygen atoms in total. The van der Waals surface area contributed by atoms with Crippen molar-refractivity contribution < 1.29 is 9.47 Å². The van der Waals surface area contributed by atoms with Crippen LogP contribution in [0.15, 0.2) is 12.1 Å². The molecule has 2 N–H and O–H groups in total. The standard InChI is InChI=1S/C14H23NO2/c1-10(2)11-7-8-13(16-3)14(17-4)12(11)6-5-9-15/h7-8,10H,5-6,9,15H2,1-4H3. The summed E-state index contributed by atoms with van der Waals surface area (Å²) in [6.45, 7) is 5.07. The van der Waals surface area contributed by atoms with Gasteiger partial charge in [-0.3, -0.25) is 0 Å². The van der Waals surface area contributed by atoms with Gasteiger partial charge in [-0.1, -0.05) is 19.9 Å². The summed E-state index contributed by atoms with van der Waals surface area (Å²) in [5.41, 5.74) is 8.14. The van der Waals surface area contributed by atoms with Crippen molar-refractivity contribution in [2.45, 2.75) is 32.6 Å². The summed E-state index contributed by atoms with van der Waals surface area (Å²) < 4.78 is 10.8. The van der Waals surface area contributed by atoms with E-state index in [1.807, 2.05) is 6.07 Å². The van der Waals surface area contributed by atoms with Gasteiger partial charge in [-0.15, -0.1) is 0 Å². The van der Waals surface area contributed by atoms with Crippen LogP contribution in [0.3, 0.4) is 0 Å². The maximum Gasteiger partial charge on any atom is 0.164 e. The van der Waals surface area contributed by atoms with Crippen LogP contribution in [0, 0.1) is 0 Å². The van der Waals surface area contributed by atoms with E-state index in [1.165, 1.54) is 11.1 Å². The lowest BCUT2D eigenvalue weighted by atomic mass is 9.93. The van der Waals surface area contributed by atoms with Crippen molar-refractivity contribution in [3.8, 4) is 11.5 Å². The summed E-state index contributed by atoms with van der Waals surface area (Å²) in [5.74, 6) is 2.12. The van der Waals surface area contributed by atoms with Crippen molar-refractivity contribution in [2.75, 3.05) is 20.8 Å². The predicted molar refractivity (Wildman–Crippen MR) is 71.0 cm³/mol. The van der Waals surface area contributed by atoms with Crippen LogP contribution in [0.1, 0.15) is 37.3 Å². The van der Waals surface area contributed by atoms with Crippen LogP contribution in [0.5, 0.6) is 11.5 Å². The highest BCUT2D eigenvalue weighted by Gasteiger charge is 2.16. The van der Waals surface area contributed by atoms with Gasteiger partial charge in [0.05, 0.1) is 14.2 Å². The number of nitrogens with two attached hydrogens (primary N) is 1. The highest BCUT2D eigenvalue weighted by Crippen LogP contribution is 2.36. The molecule has 0 atom stereocenters. The van der Waals surface area contributed by atoms with E-state index in [4.69, 9.17) is 15.2 Å². The van der Waals surface area contributed by atoms with Crippen LogP contribution in [-0.2, 0) is 6.42 Å². The molecular formula is C14H23NO2. The first-order chi connectivity index (χ1) is 8.15. The third-order valence-electron chi connectivity index (χ3n) is 2.94. The predicted octanol–water partition coefficient (Wildman–Crippen LogP) is 2.72. The maximum absolute atomic E-state index is 5.59. The molecule has 0 aromatic heterocycles. The number of benzene rings is 1. The van der Waals surface area contributed by atoms with Crippen LogP contribution in [0.4, 0.5) is 0 Å². The summed E-state index contributed by atoms with van der Waals surface area (Å²) in [5, 5.41) is 0. The van der Waals surface area contributed by atoms with Crippen LogP contribution < -0.4 is 15.2 Å². The molecule has 1 aromatic carbocycles. The molecule has 96 valence electrons. The maximum atomic E-state index is 5.59. The molecule has 0 unspecified atom stereocenters. The first-order valence-corrected chi connectivity index (χ1v) is 6.09. The number of rotatable bonds is 6. The van der Waals surface area contributed by atoms with Gasteiger partial charge in [-0.25, -0.2) is 0 Å². The average Bonchev–Trinajstić information content (AvgIpc) is 2.34. The van der Waals surface area contributed by atoms with E-state index >= 15 is 0 Å². The highest BCUT2D eigenvalue weighted by atomic mass is 16.5. The van der Waals surface area contributed by atoms with E-state index in [1.54, 1.807) is 14.2 Å². The Morgan fingerprint density at radius 3 is 2.35 bits per heavy atom. The Morgan fingerprint density at radius 1 is 1.18 bits per heavy atom. The Hall–Kier alpha value is -1.22. The normalized spacial score (nSPS) is 10.7. The fraction of sp³-hybridized carbons (Fsp3) is 0.571. The molecule has 0 aliphatic heterocycles. The Labute approximate surface area is 104 Å². The lowest BCUT2D eigenvalue weighted by Gasteiger charge is -2.18. The third kappa shape index (κ3) is 3.13. The Kier molecular flexibility index (Phi) is 5.29. The van der Waals surface area contributed by atoms with Crippen LogP contribution in [0.25, 0.3) is 0 Å². The minimum absolute atomic E-state index is 0.475. The Morgan fingerprint density at radius 2 is 1.88 bits per heavy atom. The van der Waals surface area contributed by atoms with Gasteiger partial charge in [0, 0.05) is 5.56 Å². The second-order valence-corrected chi connectivity index (χ2v) is 4.42. The van der Waals surface area contributed by atoms with Crippen molar-refractivity contribution in [3.05, 3.63) is 23.3 Å².